The third-order valence-electron chi connectivity index (χ3n) is 5.16. The van der Waals surface area contributed by atoms with Crippen LogP contribution in [0.3, 0.4) is 0 Å². The molecule has 1 heterocycles. The van der Waals surface area contributed by atoms with E-state index in [1.165, 1.54) is 54.1 Å². The molecular formula is C15H24N2S. The summed E-state index contributed by atoms with van der Waals surface area (Å²) in [5.41, 5.74) is 7.98. The lowest BCUT2D eigenvalue weighted by Gasteiger charge is -2.41. The van der Waals surface area contributed by atoms with Crippen LogP contribution in [0.1, 0.15) is 61.5 Å². The van der Waals surface area contributed by atoms with Gasteiger partial charge in [0.2, 0.25) is 0 Å². The van der Waals surface area contributed by atoms with Crippen LogP contribution >= 0.6 is 11.3 Å². The van der Waals surface area contributed by atoms with Crippen molar-refractivity contribution in [3.8, 4) is 0 Å². The monoisotopic (exact) mass is 264 g/mol. The second-order valence-corrected chi connectivity index (χ2v) is 7.38. The second kappa shape index (κ2) is 4.61. The zero-order chi connectivity index (χ0) is 12.8. The van der Waals surface area contributed by atoms with Crippen molar-refractivity contribution in [3.05, 3.63) is 15.6 Å². The van der Waals surface area contributed by atoms with Crippen LogP contribution in [-0.2, 0) is 18.4 Å². The fraction of sp³-hybridized carbons (Fsp3) is 0.800. The van der Waals surface area contributed by atoms with Crippen molar-refractivity contribution in [1.29, 1.82) is 0 Å². The molecule has 1 saturated carbocycles. The van der Waals surface area contributed by atoms with Gasteiger partial charge in [0.15, 0.2) is 0 Å². The molecule has 0 spiro atoms. The maximum atomic E-state index is 6.77. The topological polar surface area (TPSA) is 38.9 Å². The molecule has 0 aromatic carbocycles. The van der Waals surface area contributed by atoms with Crippen LogP contribution in [0.5, 0.6) is 0 Å². The summed E-state index contributed by atoms with van der Waals surface area (Å²) in [5.74, 6) is 1.28. The van der Waals surface area contributed by atoms with Crippen molar-refractivity contribution in [3.63, 3.8) is 0 Å². The molecule has 3 atom stereocenters. The number of nitrogens with zero attached hydrogens (tertiary/aromatic N) is 1. The van der Waals surface area contributed by atoms with Crippen molar-refractivity contribution in [2.75, 3.05) is 0 Å². The molecule has 0 saturated heterocycles. The number of hydrogen-bond donors (Lipinski definition) is 1. The molecular weight excluding hydrogens is 240 g/mol. The summed E-state index contributed by atoms with van der Waals surface area (Å²) in [7, 11) is 0. The number of rotatable bonds is 1. The van der Waals surface area contributed by atoms with E-state index in [9.17, 15) is 0 Å². The summed E-state index contributed by atoms with van der Waals surface area (Å²) in [6.45, 7) is 4.67. The summed E-state index contributed by atoms with van der Waals surface area (Å²) < 4.78 is 0. The first-order valence-corrected chi connectivity index (χ1v) is 8.21. The predicted molar refractivity (Wildman–Crippen MR) is 76.8 cm³/mol. The van der Waals surface area contributed by atoms with E-state index in [1.54, 1.807) is 0 Å². The van der Waals surface area contributed by atoms with Crippen molar-refractivity contribution < 1.29 is 0 Å². The van der Waals surface area contributed by atoms with Gasteiger partial charge in [-0.15, -0.1) is 11.3 Å². The highest BCUT2D eigenvalue weighted by atomic mass is 32.1. The summed E-state index contributed by atoms with van der Waals surface area (Å²) >= 11 is 1.91. The lowest BCUT2D eigenvalue weighted by Crippen LogP contribution is -2.48. The van der Waals surface area contributed by atoms with Crippen LogP contribution < -0.4 is 5.73 Å². The van der Waals surface area contributed by atoms with E-state index in [0.717, 1.165) is 12.3 Å². The number of fused-ring (bicyclic) bond motifs is 1. The van der Waals surface area contributed by atoms with Gasteiger partial charge in [0.25, 0.3) is 0 Å². The highest BCUT2D eigenvalue weighted by Crippen LogP contribution is 2.44. The fourth-order valence-electron chi connectivity index (χ4n) is 3.55. The van der Waals surface area contributed by atoms with Crippen LogP contribution in [0.2, 0.25) is 0 Å². The van der Waals surface area contributed by atoms with E-state index in [1.807, 2.05) is 11.3 Å². The zero-order valence-electron chi connectivity index (χ0n) is 11.5. The molecule has 1 aromatic rings. The standard InChI is InChI=1S/C15H24N2S/c1-10-6-5-9-15(16,11(10)2)14-17-12-7-3-4-8-13(12)18-14/h10-11H,3-9,16H2,1-2H3. The largest absolute Gasteiger partial charge is 0.319 e. The molecule has 100 valence electrons. The summed E-state index contributed by atoms with van der Waals surface area (Å²) in [6, 6.07) is 0. The third-order valence-corrected chi connectivity index (χ3v) is 6.51. The molecule has 2 aliphatic rings. The highest BCUT2D eigenvalue weighted by molar-refractivity contribution is 7.11. The van der Waals surface area contributed by atoms with Crippen molar-refractivity contribution >= 4 is 11.3 Å². The Labute approximate surface area is 114 Å². The molecule has 3 rings (SSSR count). The Hall–Kier alpha value is -0.410. The Morgan fingerprint density at radius 2 is 2.00 bits per heavy atom. The molecule has 18 heavy (non-hydrogen) atoms. The van der Waals surface area contributed by atoms with E-state index in [4.69, 9.17) is 10.7 Å². The van der Waals surface area contributed by atoms with Gasteiger partial charge in [-0.25, -0.2) is 4.98 Å². The maximum absolute atomic E-state index is 6.77. The van der Waals surface area contributed by atoms with Crippen LogP contribution in [0.25, 0.3) is 0 Å². The van der Waals surface area contributed by atoms with Crippen LogP contribution in [0, 0.1) is 11.8 Å². The van der Waals surface area contributed by atoms with Crippen LogP contribution in [-0.4, -0.2) is 4.98 Å². The first-order valence-electron chi connectivity index (χ1n) is 7.39. The average molecular weight is 264 g/mol. The van der Waals surface area contributed by atoms with E-state index in [2.05, 4.69) is 13.8 Å². The third kappa shape index (κ3) is 1.92. The quantitative estimate of drug-likeness (QED) is 0.841. The second-order valence-electron chi connectivity index (χ2n) is 6.29. The molecule has 2 N–H and O–H groups in total. The lowest BCUT2D eigenvalue weighted by atomic mass is 9.69. The molecule has 0 bridgehead atoms. The Morgan fingerprint density at radius 3 is 2.78 bits per heavy atom. The maximum Gasteiger partial charge on any atom is 0.113 e. The van der Waals surface area contributed by atoms with Gasteiger partial charge in [-0.05, 0) is 43.9 Å². The van der Waals surface area contributed by atoms with Gasteiger partial charge < -0.3 is 5.73 Å². The minimum absolute atomic E-state index is 0.153. The van der Waals surface area contributed by atoms with Crippen LogP contribution in [0.15, 0.2) is 0 Å². The van der Waals surface area contributed by atoms with Crippen molar-refractivity contribution in [1.82, 2.24) is 4.98 Å². The Balaban J connectivity index is 1.95. The number of aryl methyl sites for hydroxylation is 2. The smallest absolute Gasteiger partial charge is 0.113 e. The van der Waals surface area contributed by atoms with Crippen LogP contribution in [0.4, 0.5) is 0 Å². The predicted octanol–water partition coefficient (Wildman–Crippen LogP) is 3.63. The highest BCUT2D eigenvalue weighted by Gasteiger charge is 2.42. The van der Waals surface area contributed by atoms with Gasteiger partial charge in [-0.3, -0.25) is 0 Å². The molecule has 0 aliphatic heterocycles. The van der Waals surface area contributed by atoms with Crippen molar-refractivity contribution in [2.24, 2.45) is 17.6 Å². The van der Waals surface area contributed by atoms with E-state index < -0.39 is 0 Å². The first kappa shape index (κ1) is 12.6. The summed E-state index contributed by atoms with van der Waals surface area (Å²) in [6.07, 6.45) is 8.74. The molecule has 0 radical (unpaired) electrons. The minimum Gasteiger partial charge on any atom is -0.319 e. The Bertz CT molecular complexity index is 416. The summed E-state index contributed by atoms with van der Waals surface area (Å²) in [4.78, 5) is 6.44. The van der Waals surface area contributed by atoms with Gasteiger partial charge in [0.1, 0.15) is 5.01 Å². The Kier molecular flexibility index (Phi) is 3.23. The van der Waals surface area contributed by atoms with E-state index >= 15 is 0 Å². The molecule has 2 aliphatic carbocycles. The average Bonchev–Trinajstić information content (AvgIpc) is 2.80. The lowest BCUT2D eigenvalue weighted by molar-refractivity contribution is 0.143. The molecule has 0 amide bonds. The van der Waals surface area contributed by atoms with Gasteiger partial charge in [-0.1, -0.05) is 26.7 Å². The first-order chi connectivity index (χ1) is 8.61. The van der Waals surface area contributed by atoms with Gasteiger partial charge in [-0.2, -0.15) is 0 Å². The normalized spacial score (nSPS) is 36.4. The van der Waals surface area contributed by atoms with E-state index in [-0.39, 0.29) is 5.54 Å². The number of hydrogen-bond acceptors (Lipinski definition) is 3. The van der Waals surface area contributed by atoms with E-state index in [0.29, 0.717) is 5.92 Å². The zero-order valence-corrected chi connectivity index (χ0v) is 12.4. The Morgan fingerprint density at radius 1 is 1.22 bits per heavy atom. The van der Waals surface area contributed by atoms with Crippen molar-refractivity contribution in [2.45, 2.75) is 64.3 Å². The SMILES string of the molecule is CC1CCCC(N)(c2nc3c(s2)CCCC3)C1C. The number of nitrogens with two attached hydrogens (primary N) is 1. The molecule has 1 fully saturated rings. The number of aromatic nitrogens is 1. The van der Waals surface area contributed by atoms with Gasteiger partial charge >= 0.3 is 0 Å². The minimum atomic E-state index is -0.153. The molecule has 3 unspecified atom stereocenters. The van der Waals surface area contributed by atoms with Gasteiger partial charge in [0.05, 0.1) is 11.2 Å². The molecule has 1 aromatic heterocycles. The molecule has 2 nitrogen and oxygen atoms in total. The summed E-state index contributed by atoms with van der Waals surface area (Å²) in [5, 5.41) is 1.23. The fourth-order valence-corrected chi connectivity index (χ4v) is 4.93. The van der Waals surface area contributed by atoms with Gasteiger partial charge in [0, 0.05) is 4.88 Å². The number of thiazole rings is 1. The molecule has 3 heteroatoms.